The third-order valence-electron chi connectivity index (χ3n) is 3.13. The zero-order chi connectivity index (χ0) is 15.2. The van der Waals surface area contributed by atoms with Gasteiger partial charge in [0.2, 0.25) is 0 Å². The number of aromatic nitrogens is 2. The highest BCUT2D eigenvalue weighted by Gasteiger charge is 2.09. The number of nitrogens with one attached hydrogen (secondary N) is 1. The van der Waals surface area contributed by atoms with Crippen molar-refractivity contribution in [3.05, 3.63) is 42.0 Å². The van der Waals surface area contributed by atoms with E-state index < -0.39 is 0 Å². The zero-order valence-electron chi connectivity index (χ0n) is 12.3. The number of ether oxygens (including phenoxy) is 1. The molecule has 0 radical (unpaired) electrons. The number of nitrogens with two attached hydrogens (primary N) is 1. The molecule has 1 aromatic carbocycles. The van der Waals surface area contributed by atoms with Gasteiger partial charge in [0.25, 0.3) is 5.91 Å². The molecule has 0 atom stereocenters. The van der Waals surface area contributed by atoms with Gasteiger partial charge in [0, 0.05) is 38.0 Å². The molecule has 0 aliphatic carbocycles. The number of hydrogen-bond donors (Lipinski definition) is 2. The molecule has 0 saturated heterocycles. The average molecular weight is 288 g/mol. The normalized spacial score (nSPS) is 10.4. The molecule has 6 nitrogen and oxygen atoms in total. The molecular weight excluding hydrogens is 268 g/mol. The maximum atomic E-state index is 12.0. The van der Waals surface area contributed by atoms with E-state index in [9.17, 15) is 4.79 Å². The quantitative estimate of drug-likeness (QED) is 0.787. The number of rotatable bonds is 6. The molecule has 0 saturated carbocycles. The number of imidazole rings is 1. The predicted molar refractivity (Wildman–Crippen MR) is 81.3 cm³/mol. The zero-order valence-corrected chi connectivity index (χ0v) is 12.3. The Balaban J connectivity index is 1.91. The van der Waals surface area contributed by atoms with Crippen molar-refractivity contribution in [2.45, 2.75) is 13.3 Å². The predicted octanol–water partition coefficient (Wildman–Crippen LogP) is 1.37. The van der Waals surface area contributed by atoms with E-state index in [1.807, 2.05) is 24.7 Å². The molecule has 0 fully saturated rings. The van der Waals surface area contributed by atoms with Gasteiger partial charge in [-0.2, -0.15) is 0 Å². The number of anilines is 1. The summed E-state index contributed by atoms with van der Waals surface area (Å²) in [7, 11) is 1.93. The number of carbonyl (C=O) groups is 1. The fourth-order valence-corrected chi connectivity index (χ4v) is 2.00. The molecule has 6 heteroatoms. The lowest BCUT2D eigenvalue weighted by atomic mass is 10.1. The molecule has 0 unspecified atom stereocenters. The number of carbonyl (C=O) groups excluding carboxylic acids is 1. The summed E-state index contributed by atoms with van der Waals surface area (Å²) in [5.74, 6) is 1.38. The minimum atomic E-state index is -0.154. The molecule has 2 rings (SSSR count). The summed E-state index contributed by atoms with van der Waals surface area (Å²) in [5, 5.41) is 2.85. The minimum Gasteiger partial charge on any atom is -0.492 e. The summed E-state index contributed by atoms with van der Waals surface area (Å²) in [6.45, 7) is 2.95. The Morgan fingerprint density at radius 3 is 2.90 bits per heavy atom. The summed E-state index contributed by atoms with van der Waals surface area (Å²) in [6, 6.07) is 5.05. The van der Waals surface area contributed by atoms with Gasteiger partial charge in [0.1, 0.15) is 11.6 Å². The number of aryl methyl sites for hydroxylation is 1. The lowest BCUT2D eigenvalue weighted by molar-refractivity contribution is 0.0954. The Labute approximate surface area is 123 Å². The summed E-state index contributed by atoms with van der Waals surface area (Å²) in [4.78, 5) is 16.3. The second kappa shape index (κ2) is 6.78. The van der Waals surface area contributed by atoms with E-state index in [4.69, 9.17) is 10.5 Å². The molecule has 0 aliphatic heterocycles. The Bertz CT molecular complexity index is 622. The molecule has 1 heterocycles. The monoisotopic (exact) mass is 288 g/mol. The molecule has 112 valence electrons. The van der Waals surface area contributed by atoms with Crippen molar-refractivity contribution < 1.29 is 9.53 Å². The second-order valence-electron chi connectivity index (χ2n) is 4.65. The van der Waals surface area contributed by atoms with Gasteiger partial charge in [-0.25, -0.2) is 4.98 Å². The van der Waals surface area contributed by atoms with E-state index >= 15 is 0 Å². The van der Waals surface area contributed by atoms with Crippen molar-refractivity contribution in [1.82, 2.24) is 14.9 Å². The fourth-order valence-electron chi connectivity index (χ4n) is 2.00. The minimum absolute atomic E-state index is 0.154. The van der Waals surface area contributed by atoms with E-state index in [-0.39, 0.29) is 5.91 Å². The van der Waals surface area contributed by atoms with Crippen LogP contribution in [0.2, 0.25) is 0 Å². The molecule has 21 heavy (non-hydrogen) atoms. The van der Waals surface area contributed by atoms with Crippen LogP contribution < -0.4 is 15.8 Å². The van der Waals surface area contributed by atoms with Crippen LogP contribution in [0.1, 0.15) is 23.1 Å². The highest BCUT2D eigenvalue weighted by Crippen LogP contribution is 2.22. The van der Waals surface area contributed by atoms with Crippen LogP contribution >= 0.6 is 0 Å². The van der Waals surface area contributed by atoms with E-state index in [0.717, 1.165) is 5.82 Å². The Hall–Kier alpha value is -2.50. The van der Waals surface area contributed by atoms with E-state index in [1.54, 1.807) is 24.4 Å². The summed E-state index contributed by atoms with van der Waals surface area (Å²) < 4.78 is 7.28. The summed E-state index contributed by atoms with van der Waals surface area (Å²) >= 11 is 0. The molecule has 0 spiro atoms. The number of nitrogens with zero attached hydrogens (tertiary/aromatic N) is 2. The van der Waals surface area contributed by atoms with Crippen molar-refractivity contribution in [1.29, 1.82) is 0 Å². The first-order valence-corrected chi connectivity index (χ1v) is 6.88. The Morgan fingerprint density at radius 2 is 2.29 bits per heavy atom. The topological polar surface area (TPSA) is 82.2 Å². The van der Waals surface area contributed by atoms with Crippen LogP contribution in [0.4, 0.5) is 5.69 Å². The number of nitrogen functional groups attached to an aromatic ring is 1. The lowest BCUT2D eigenvalue weighted by Gasteiger charge is -2.09. The molecule has 2 aromatic rings. The summed E-state index contributed by atoms with van der Waals surface area (Å²) in [5.41, 5.74) is 6.84. The van der Waals surface area contributed by atoms with Crippen molar-refractivity contribution >= 4 is 11.6 Å². The SMILES string of the molecule is CCOc1ccc(C(=O)NCCc2nccn2C)cc1N. The third-order valence-corrected chi connectivity index (χ3v) is 3.13. The van der Waals surface area contributed by atoms with E-state index in [1.165, 1.54) is 0 Å². The van der Waals surface area contributed by atoms with Gasteiger partial charge in [-0.3, -0.25) is 4.79 Å². The molecule has 1 amide bonds. The smallest absolute Gasteiger partial charge is 0.251 e. The van der Waals surface area contributed by atoms with Crippen LogP contribution in [0, 0.1) is 0 Å². The maximum Gasteiger partial charge on any atom is 0.251 e. The first kappa shape index (κ1) is 14.9. The standard InChI is InChI=1S/C15H20N4O2/c1-3-21-13-5-4-11(10-12(13)16)15(20)18-7-6-14-17-8-9-19(14)2/h4-5,8-10H,3,6-7,16H2,1-2H3,(H,18,20). The van der Waals surface area contributed by atoms with E-state index in [2.05, 4.69) is 10.3 Å². The fraction of sp³-hybridized carbons (Fsp3) is 0.333. The van der Waals surface area contributed by atoms with Crippen molar-refractivity contribution in [2.75, 3.05) is 18.9 Å². The van der Waals surface area contributed by atoms with Crippen molar-refractivity contribution in [3.8, 4) is 5.75 Å². The second-order valence-corrected chi connectivity index (χ2v) is 4.65. The van der Waals surface area contributed by atoms with Crippen LogP contribution in [0.5, 0.6) is 5.75 Å². The maximum absolute atomic E-state index is 12.0. The van der Waals surface area contributed by atoms with Gasteiger partial charge in [-0.05, 0) is 25.1 Å². The first-order valence-electron chi connectivity index (χ1n) is 6.88. The third kappa shape index (κ3) is 3.75. The first-order chi connectivity index (χ1) is 10.1. The van der Waals surface area contributed by atoms with Crippen LogP contribution in [0.3, 0.4) is 0 Å². The van der Waals surface area contributed by atoms with Gasteiger partial charge >= 0.3 is 0 Å². The average Bonchev–Trinajstić information content (AvgIpc) is 2.87. The van der Waals surface area contributed by atoms with Crippen molar-refractivity contribution in [3.63, 3.8) is 0 Å². The molecule has 1 aromatic heterocycles. The van der Waals surface area contributed by atoms with Gasteiger partial charge in [0.05, 0.1) is 12.3 Å². The van der Waals surface area contributed by atoms with Crippen LogP contribution in [-0.2, 0) is 13.5 Å². The van der Waals surface area contributed by atoms with Crippen LogP contribution in [0.25, 0.3) is 0 Å². The molecule has 3 N–H and O–H groups in total. The van der Waals surface area contributed by atoms with Crippen molar-refractivity contribution in [2.24, 2.45) is 7.05 Å². The number of benzene rings is 1. The Kier molecular flexibility index (Phi) is 4.81. The Morgan fingerprint density at radius 1 is 1.48 bits per heavy atom. The highest BCUT2D eigenvalue weighted by atomic mass is 16.5. The van der Waals surface area contributed by atoms with Crippen LogP contribution in [0.15, 0.2) is 30.6 Å². The van der Waals surface area contributed by atoms with Gasteiger partial charge in [-0.1, -0.05) is 0 Å². The molecule has 0 aliphatic rings. The van der Waals surface area contributed by atoms with Gasteiger partial charge < -0.3 is 20.4 Å². The highest BCUT2D eigenvalue weighted by molar-refractivity contribution is 5.95. The van der Waals surface area contributed by atoms with Crippen LogP contribution in [-0.4, -0.2) is 28.6 Å². The number of amides is 1. The number of hydrogen-bond acceptors (Lipinski definition) is 4. The molecule has 0 bridgehead atoms. The largest absolute Gasteiger partial charge is 0.492 e. The van der Waals surface area contributed by atoms with Gasteiger partial charge in [0.15, 0.2) is 0 Å². The summed E-state index contributed by atoms with van der Waals surface area (Å²) in [6.07, 6.45) is 4.30. The van der Waals surface area contributed by atoms with Gasteiger partial charge in [-0.15, -0.1) is 0 Å². The molecular formula is C15H20N4O2. The lowest BCUT2D eigenvalue weighted by Crippen LogP contribution is -2.26. The van der Waals surface area contributed by atoms with E-state index in [0.29, 0.717) is 36.6 Å².